The van der Waals surface area contributed by atoms with E-state index in [1.165, 1.54) is 12.7 Å². The number of benzene rings is 2. The summed E-state index contributed by atoms with van der Waals surface area (Å²) in [6.07, 6.45) is 1.09. The third-order valence-electron chi connectivity index (χ3n) is 5.23. The first kappa shape index (κ1) is 23.3. The third-order valence-corrected chi connectivity index (χ3v) is 5.23. The molecule has 2 rings (SSSR count). The molecule has 2 amide bonds. The minimum absolute atomic E-state index is 0.125. The number of methoxy groups -OCH3 is 1. The molecule has 0 bridgehead atoms. The first-order chi connectivity index (χ1) is 14.3. The van der Waals surface area contributed by atoms with Gasteiger partial charge in [-0.3, -0.25) is 9.59 Å². The van der Waals surface area contributed by atoms with E-state index in [9.17, 15) is 9.59 Å². The molecule has 3 N–H and O–H groups in total. The van der Waals surface area contributed by atoms with E-state index < -0.39 is 5.91 Å². The Kier molecular flexibility index (Phi) is 8.27. The highest BCUT2D eigenvalue weighted by Gasteiger charge is 2.20. The minimum atomic E-state index is -0.585. The zero-order chi connectivity index (χ0) is 22.3. The fraction of sp³-hybridized carbons (Fsp3) is 0.417. The quantitative estimate of drug-likeness (QED) is 0.612. The molecule has 0 aliphatic rings. The number of primary amides is 1. The maximum Gasteiger partial charge on any atom is 0.255 e. The van der Waals surface area contributed by atoms with Gasteiger partial charge in [-0.15, -0.1) is 0 Å². The van der Waals surface area contributed by atoms with E-state index in [2.05, 4.69) is 57.3 Å². The van der Waals surface area contributed by atoms with Crippen molar-refractivity contribution in [3.05, 3.63) is 59.2 Å². The summed E-state index contributed by atoms with van der Waals surface area (Å²) in [5.74, 6) is 0.645. The molecule has 2 aromatic carbocycles. The average Bonchev–Trinajstić information content (AvgIpc) is 2.74. The van der Waals surface area contributed by atoms with Crippen LogP contribution in [0.15, 0.2) is 42.5 Å². The van der Waals surface area contributed by atoms with Gasteiger partial charge in [0.2, 0.25) is 0 Å². The van der Waals surface area contributed by atoms with Crippen LogP contribution in [0.1, 0.15) is 67.6 Å². The predicted octanol–water partition coefficient (Wildman–Crippen LogP) is 4.20. The number of rotatable bonds is 10. The van der Waals surface area contributed by atoms with Gasteiger partial charge in [0.15, 0.2) is 18.1 Å². The van der Waals surface area contributed by atoms with Gasteiger partial charge in [-0.2, -0.15) is 0 Å². The highest BCUT2D eigenvalue weighted by molar-refractivity contribution is 5.95. The second-order valence-corrected chi connectivity index (χ2v) is 7.79. The molecule has 2 aromatic rings. The van der Waals surface area contributed by atoms with E-state index in [0.29, 0.717) is 23.0 Å². The Balaban J connectivity index is 2.19. The number of hydrogen-bond donors (Lipinski definition) is 2. The highest BCUT2D eigenvalue weighted by Crippen LogP contribution is 2.29. The molecule has 162 valence electrons. The van der Waals surface area contributed by atoms with Crippen molar-refractivity contribution in [3.8, 4) is 11.5 Å². The fourth-order valence-corrected chi connectivity index (χ4v) is 3.20. The van der Waals surface area contributed by atoms with Crippen LogP contribution in [0.3, 0.4) is 0 Å². The summed E-state index contributed by atoms with van der Waals surface area (Å²) < 4.78 is 10.6. The van der Waals surface area contributed by atoms with Crippen LogP contribution in [-0.4, -0.2) is 25.5 Å². The molecular weight excluding hydrogens is 380 g/mol. The lowest BCUT2D eigenvalue weighted by Crippen LogP contribution is -2.31. The van der Waals surface area contributed by atoms with Crippen molar-refractivity contribution in [1.29, 1.82) is 0 Å². The summed E-state index contributed by atoms with van der Waals surface area (Å²) in [7, 11) is 1.48. The summed E-state index contributed by atoms with van der Waals surface area (Å²) in [5, 5.41) is 3.12. The van der Waals surface area contributed by atoms with E-state index in [1.807, 2.05) is 0 Å². The highest BCUT2D eigenvalue weighted by atomic mass is 16.5. The smallest absolute Gasteiger partial charge is 0.255 e. The Morgan fingerprint density at radius 3 is 2.17 bits per heavy atom. The van der Waals surface area contributed by atoms with Crippen molar-refractivity contribution in [1.82, 2.24) is 5.32 Å². The summed E-state index contributed by atoms with van der Waals surface area (Å²) in [6, 6.07) is 13.2. The van der Waals surface area contributed by atoms with Crippen molar-refractivity contribution in [2.24, 2.45) is 11.7 Å². The van der Waals surface area contributed by atoms with E-state index in [-0.39, 0.29) is 24.5 Å². The minimum Gasteiger partial charge on any atom is -0.493 e. The topological polar surface area (TPSA) is 90.6 Å². The van der Waals surface area contributed by atoms with E-state index >= 15 is 0 Å². The molecule has 0 aromatic heterocycles. The van der Waals surface area contributed by atoms with E-state index in [0.717, 1.165) is 12.0 Å². The molecule has 0 spiro atoms. The zero-order valence-electron chi connectivity index (χ0n) is 18.4. The van der Waals surface area contributed by atoms with Gasteiger partial charge in [-0.05, 0) is 47.6 Å². The van der Waals surface area contributed by atoms with Gasteiger partial charge in [0, 0.05) is 5.56 Å². The van der Waals surface area contributed by atoms with Crippen LogP contribution in [0.2, 0.25) is 0 Å². The largest absolute Gasteiger partial charge is 0.493 e. The van der Waals surface area contributed by atoms with Crippen molar-refractivity contribution in [3.63, 3.8) is 0 Å². The van der Waals surface area contributed by atoms with E-state index in [4.69, 9.17) is 15.2 Å². The molecule has 0 aliphatic heterocycles. The summed E-state index contributed by atoms with van der Waals surface area (Å²) in [6.45, 7) is 8.28. The predicted molar refractivity (Wildman–Crippen MR) is 118 cm³/mol. The molecule has 0 saturated heterocycles. The number of carbonyl (C=O) groups excluding carboxylic acids is 2. The molecule has 2 atom stereocenters. The third kappa shape index (κ3) is 5.99. The summed E-state index contributed by atoms with van der Waals surface area (Å²) in [5.41, 5.74) is 7.92. The van der Waals surface area contributed by atoms with Crippen molar-refractivity contribution < 1.29 is 19.1 Å². The van der Waals surface area contributed by atoms with Crippen molar-refractivity contribution in [2.75, 3.05) is 13.7 Å². The second kappa shape index (κ2) is 10.7. The Morgan fingerprint density at radius 1 is 1.00 bits per heavy atom. The molecule has 6 nitrogen and oxygen atoms in total. The maximum absolute atomic E-state index is 12.9. The number of carbonyl (C=O) groups is 2. The standard InChI is InChI=1S/C24H32N2O4/c1-6-16(4)17-7-9-18(10-8-17)23(15(2)3)26-24(28)19-11-12-20(21(13-19)29-5)30-14-22(25)27/h7-13,15-16,23H,6,14H2,1-5H3,(H2,25,27)(H,26,28). The number of ether oxygens (including phenoxy) is 2. The lowest BCUT2D eigenvalue weighted by atomic mass is 9.92. The van der Waals surface area contributed by atoms with Crippen LogP contribution in [0.4, 0.5) is 0 Å². The van der Waals surface area contributed by atoms with Crippen molar-refractivity contribution in [2.45, 2.75) is 46.1 Å². The van der Waals surface area contributed by atoms with Gasteiger partial charge in [0.25, 0.3) is 11.8 Å². The van der Waals surface area contributed by atoms with Crippen LogP contribution in [0.25, 0.3) is 0 Å². The van der Waals surface area contributed by atoms with Gasteiger partial charge in [0.05, 0.1) is 13.2 Å². The molecule has 0 aliphatic carbocycles. The average molecular weight is 413 g/mol. The number of hydrogen-bond acceptors (Lipinski definition) is 4. The van der Waals surface area contributed by atoms with Crippen LogP contribution in [0, 0.1) is 5.92 Å². The van der Waals surface area contributed by atoms with E-state index in [1.54, 1.807) is 18.2 Å². The number of nitrogens with one attached hydrogen (secondary N) is 1. The van der Waals surface area contributed by atoms with Gasteiger partial charge in [-0.1, -0.05) is 52.0 Å². The molecule has 0 saturated carbocycles. The van der Waals surface area contributed by atoms with Gasteiger partial charge in [0.1, 0.15) is 0 Å². The molecule has 0 heterocycles. The normalized spacial score (nSPS) is 12.9. The van der Waals surface area contributed by atoms with Crippen LogP contribution >= 0.6 is 0 Å². The van der Waals surface area contributed by atoms with Gasteiger partial charge in [-0.25, -0.2) is 0 Å². The Bertz CT molecular complexity index is 862. The number of nitrogens with two attached hydrogens (primary N) is 1. The molecule has 2 unspecified atom stereocenters. The van der Waals surface area contributed by atoms with Crippen LogP contribution < -0.4 is 20.5 Å². The molecule has 0 radical (unpaired) electrons. The zero-order valence-corrected chi connectivity index (χ0v) is 18.4. The maximum atomic E-state index is 12.9. The van der Waals surface area contributed by atoms with Crippen LogP contribution in [0.5, 0.6) is 11.5 Å². The van der Waals surface area contributed by atoms with Crippen molar-refractivity contribution >= 4 is 11.8 Å². The molecule has 0 fully saturated rings. The SMILES string of the molecule is CCC(C)c1ccc(C(NC(=O)c2ccc(OCC(N)=O)c(OC)c2)C(C)C)cc1. The van der Waals surface area contributed by atoms with Gasteiger partial charge < -0.3 is 20.5 Å². The monoisotopic (exact) mass is 412 g/mol. The lowest BCUT2D eigenvalue weighted by molar-refractivity contribution is -0.119. The summed E-state index contributed by atoms with van der Waals surface area (Å²) in [4.78, 5) is 23.9. The Hall–Kier alpha value is -3.02. The molecular formula is C24H32N2O4. The first-order valence-corrected chi connectivity index (χ1v) is 10.3. The summed E-state index contributed by atoms with van der Waals surface area (Å²) >= 11 is 0. The molecule has 6 heteroatoms. The fourth-order valence-electron chi connectivity index (χ4n) is 3.20. The van der Waals surface area contributed by atoms with Crippen LogP contribution in [-0.2, 0) is 4.79 Å². The number of amides is 2. The Labute approximate surface area is 178 Å². The second-order valence-electron chi connectivity index (χ2n) is 7.79. The first-order valence-electron chi connectivity index (χ1n) is 10.3. The Morgan fingerprint density at radius 2 is 1.63 bits per heavy atom. The van der Waals surface area contributed by atoms with Gasteiger partial charge >= 0.3 is 0 Å². The lowest BCUT2D eigenvalue weighted by Gasteiger charge is -2.24. The molecule has 30 heavy (non-hydrogen) atoms.